The first-order valence-electron chi connectivity index (χ1n) is 5.55. The zero-order valence-electron chi connectivity index (χ0n) is 10.1. The molecule has 0 fully saturated rings. The number of hydrogen-bond donors (Lipinski definition) is 0. The van der Waals surface area contributed by atoms with Gasteiger partial charge in [-0.3, -0.25) is 0 Å². The van der Waals surface area contributed by atoms with Crippen LogP contribution in [0.3, 0.4) is 0 Å². The highest BCUT2D eigenvalue weighted by atomic mass is 16.5. The first-order valence-corrected chi connectivity index (χ1v) is 5.55. The zero-order chi connectivity index (χ0) is 11.5. The Morgan fingerprint density at radius 1 is 1.19 bits per heavy atom. The first kappa shape index (κ1) is 11.4. The summed E-state index contributed by atoms with van der Waals surface area (Å²) in [6.07, 6.45) is 2.23. The van der Waals surface area contributed by atoms with Crippen LogP contribution in [0.1, 0.15) is 22.6 Å². The van der Waals surface area contributed by atoms with Crippen LogP contribution in [0.2, 0.25) is 0 Å². The maximum Gasteiger partial charge on any atom is 0.0683 e. The fraction of sp³-hybridized carbons (Fsp3) is 0.429. The standard InChI is InChI=1S/C14H18O2/c1-10-5-4-6-11-7-12(8-15-2)13(9-16-3)14(10)11/h4-7,13H,8-9H2,1-3H3. The van der Waals surface area contributed by atoms with Crippen molar-refractivity contribution in [1.29, 1.82) is 0 Å². The second-order valence-electron chi connectivity index (χ2n) is 4.24. The van der Waals surface area contributed by atoms with Crippen LogP contribution in [0, 0.1) is 6.92 Å². The van der Waals surface area contributed by atoms with Crippen molar-refractivity contribution in [3.05, 3.63) is 40.5 Å². The summed E-state index contributed by atoms with van der Waals surface area (Å²) in [5, 5.41) is 0. The average molecular weight is 218 g/mol. The van der Waals surface area contributed by atoms with Crippen LogP contribution < -0.4 is 0 Å². The quantitative estimate of drug-likeness (QED) is 0.773. The predicted octanol–water partition coefficient (Wildman–Crippen LogP) is 2.77. The minimum atomic E-state index is 0.362. The third kappa shape index (κ3) is 1.91. The summed E-state index contributed by atoms with van der Waals surface area (Å²) in [5.74, 6) is 0.362. The monoisotopic (exact) mass is 218 g/mol. The summed E-state index contributed by atoms with van der Waals surface area (Å²) in [4.78, 5) is 0. The van der Waals surface area contributed by atoms with Crippen LogP contribution in [-0.4, -0.2) is 27.4 Å². The summed E-state index contributed by atoms with van der Waals surface area (Å²) in [7, 11) is 3.49. The molecule has 0 heterocycles. The molecule has 0 N–H and O–H groups in total. The minimum Gasteiger partial charge on any atom is -0.384 e. The molecule has 0 aromatic heterocycles. The minimum absolute atomic E-state index is 0.362. The Bertz CT molecular complexity index is 407. The van der Waals surface area contributed by atoms with E-state index in [4.69, 9.17) is 9.47 Å². The molecule has 0 spiro atoms. The number of rotatable bonds is 4. The first-order chi connectivity index (χ1) is 7.77. The number of aryl methyl sites for hydroxylation is 1. The van der Waals surface area contributed by atoms with Gasteiger partial charge in [0, 0.05) is 20.1 Å². The Kier molecular flexibility index (Phi) is 3.42. The van der Waals surface area contributed by atoms with Crippen LogP contribution >= 0.6 is 0 Å². The summed E-state index contributed by atoms with van der Waals surface area (Å²) < 4.78 is 10.6. The Balaban J connectivity index is 2.37. The van der Waals surface area contributed by atoms with Crippen LogP contribution in [-0.2, 0) is 9.47 Å². The Morgan fingerprint density at radius 2 is 2.00 bits per heavy atom. The largest absolute Gasteiger partial charge is 0.384 e. The van der Waals surface area contributed by atoms with E-state index in [0.717, 1.165) is 6.61 Å². The second kappa shape index (κ2) is 4.81. The molecule has 1 aliphatic rings. The van der Waals surface area contributed by atoms with Gasteiger partial charge < -0.3 is 9.47 Å². The van der Waals surface area contributed by atoms with Gasteiger partial charge in [0.1, 0.15) is 0 Å². The van der Waals surface area contributed by atoms with E-state index in [1.54, 1.807) is 14.2 Å². The molecule has 0 aliphatic heterocycles. The van der Waals surface area contributed by atoms with Gasteiger partial charge in [0.2, 0.25) is 0 Å². The molecule has 1 aromatic rings. The molecule has 1 aliphatic carbocycles. The van der Waals surface area contributed by atoms with Crippen molar-refractivity contribution in [2.24, 2.45) is 0 Å². The van der Waals surface area contributed by atoms with Gasteiger partial charge in [0.05, 0.1) is 13.2 Å². The Morgan fingerprint density at radius 3 is 2.69 bits per heavy atom. The maximum absolute atomic E-state index is 5.32. The lowest BCUT2D eigenvalue weighted by molar-refractivity contribution is 0.174. The maximum atomic E-state index is 5.32. The van der Waals surface area contributed by atoms with Gasteiger partial charge in [-0.2, -0.15) is 0 Å². The SMILES string of the molecule is COCC1=Cc2cccc(C)c2C1COC. The van der Waals surface area contributed by atoms with Crippen molar-refractivity contribution >= 4 is 6.08 Å². The molecule has 0 radical (unpaired) electrons. The van der Waals surface area contributed by atoms with Gasteiger partial charge >= 0.3 is 0 Å². The van der Waals surface area contributed by atoms with E-state index in [0.29, 0.717) is 12.5 Å². The number of hydrogen-bond acceptors (Lipinski definition) is 2. The van der Waals surface area contributed by atoms with Crippen molar-refractivity contribution in [2.75, 3.05) is 27.4 Å². The van der Waals surface area contributed by atoms with Gasteiger partial charge in [0.25, 0.3) is 0 Å². The normalized spacial score (nSPS) is 18.4. The van der Waals surface area contributed by atoms with Crippen LogP contribution in [0.25, 0.3) is 6.08 Å². The number of ether oxygens (including phenoxy) is 2. The fourth-order valence-corrected chi connectivity index (χ4v) is 2.46. The summed E-state index contributed by atoms with van der Waals surface area (Å²) in [6, 6.07) is 6.42. The fourth-order valence-electron chi connectivity index (χ4n) is 2.46. The highest BCUT2D eigenvalue weighted by Crippen LogP contribution is 2.38. The molecular weight excluding hydrogens is 200 g/mol. The summed E-state index contributed by atoms with van der Waals surface area (Å²) >= 11 is 0. The third-order valence-corrected chi connectivity index (χ3v) is 3.14. The molecule has 2 heteroatoms. The smallest absolute Gasteiger partial charge is 0.0683 e. The lowest BCUT2D eigenvalue weighted by Crippen LogP contribution is -2.11. The molecule has 0 amide bonds. The van der Waals surface area contributed by atoms with Crippen molar-refractivity contribution < 1.29 is 9.47 Å². The van der Waals surface area contributed by atoms with Crippen LogP contribution in [0.4, 0.5) is 0 Å². The van der Waals surface area contributed by atoms with Crippen molar-refractivity contribution in [3.63, 3.8) is 0 Å². The molecule has 1 unspecified atom stereocenters. The van der Waals surface area contributed by atoms with Gasteiger partial charge in [-0.1, -0.05) is 24.3 Å². The van der Waals surface area contributed by atoms with E-state index in [9.17, 15) is 0 Å². The molecule has 0 saturated heterocycles. The summed E-state index contributed by atoms with van der Waals surface area (Å²) in [5.41, 5.74) is 5.36. The lowest BCUT2D eigenvalue weighted by atomic mass is 9.93. The lowest BCUT2D eigenvalue weighted by Gasteiger charge is -2.17. The van der Waals surface area contributed by atoms with E-state index in [1.165, 1.54) is 22.3 Å². The zero-order valence-corrected chi connectivity index (χ0v) is 10.1. The van der Waals surface area contributed by atoms with E-state index in [1.807, 2.05) is 0 Å². The van der Waals surface area contributed by atoms with Crippen molar-refractivity contribution in [3.8, 4) is 0 Å². The number of methoxy groups -OCH3 is 2. The molecule has 0 bridgehead atoms. The topological polar surface area (TPSA) is 18.5 Å². The molecule has 16 heavy (non-hydrogen) atoms. The second-order valence-corrected chi connectivity index (χ2v) is 4.24. The molecule has 0 saturated carbocycles. The van der Waals surface area contributed by atoms with Gasteiger partial charge in [0.15, 0.2) is 0 Å². The van der Waals surface area contributed by atoms with Gasteiger partial charge in [-0.25, -0.2) is 0 Å². The van der Waals surface area contributed by atoms with E-state index in [-0.39, 0.29) is 0 Å². The van der Waals surface area contributed by atoms with E-state index < -0.39 is 0 Å². The van der Waals surface area contributed by atoms with Gasteiger partial charge in [-0.05, 0) is 29.2 Å². The predicted molar refractivity (Wildman–Crippen MR) is 65.6 cm³/mol. The Hall–Kier alpha value is -1.12. The Labute approximate surface area is 96.9 Å². The van der Waals surface area contributed by atoms with Crippen molar-refractivity contribution in [1.82, 2.24) is 0 Å². The van der Waals surface area contributed by atoms with E-state index >= 15 is 0 Å². The summed E-state index contributed by atoms with van der Waals surface area (Å²) in [6.45, 7) is 3.57. The molecule has 2 nitrogen and oxygen atoms in total. The highest BCUT2D eigenvalue weighted by Gasteiger charge is 2.26. The number of fused-ring (bicyclic) bond motifs is 1. The molecular formula is C14H18O2. The molecule has 86 valence electrons. The highest BCUT2D eigenvalue weighted by molar-refractivity contribution is 5.68. The van der Waals surface area contributed by atoms with E-state index in [2.05, 4.69) is 31.2 Å². The van der Waals surface area contributed by atoms with Crippen LogP contribution in [0.15, 0.2) is 23.8 Å². The van der Waals surface area contributed by atoms with Crippen LogP contribution in [0.5, 0.6) is 0 Å². The average Bonchev–Trinajstić information content (AvgIpc) is 2.59. The van der Waals surface area contributed by atoms with Crippen molar-refractivity contribution in [2.45, 2.75) is 12.8 Å². The van der Waals surface area contributed by atoms with Gasteiger partial charge in [-0.15, -0.1) is 0 Å². The third-order valence-electron chi connectivity index (χ3n) is 3.14. The number of benzene rings is 1. The molecule has 1 aromatic carbocycles. The molecule has 2 rings (SSSR count). The molecule has 1 atom stereocenters.